The molecule has 6 nitrogen and oxygen atoms in total. The minimum absolute atomic E-state index is 0.173. The largest absolute Gasteiger partial charge is 0.497 e. The molecule has 0 radical (unpaired) electrons. The maximum atomic E-state index is 12.4. The molecule has 134 valence electrons. The van der Waals surface area contributed by atoms with Crippen LogP contribution in [0.25, 0.3) is 0 Å². The van der Waals surface area contributed by atoms with Crippen molar-refractivity contribution in [2.45, 2.75) is 25.7 Å². The molecule has 1 aromatic carbocycles. The van der Waals surface area contributed by atoms with Gasteiger partial charge in [0.15, 0.2) is 0 Å². The van der Waals surface area contributed by atoms with E-state index in [-0.39, 0.29) is 5.91 Å². The average molecular weight is 360 g/mol. The fourth-order valence-corrected chi connectivity index (χ4v) is 3.59. The number of carbonyl (C=O) groups is 1. The quantitative estimate of drug-likeness (QED) is 0.792. The van der Waals surface area contributed by atoms with Gasteiger partial charge in [0, 0.05) is 38.1 Å². The third-order valence-electron chi connectivity index (χ3n) is 4.36. The zero-order valence-electron chi connectivity index (χ0n) is 14.8. The number of methoxy groups -OCH3 is 1. The van der Waals surface area contributed by atoms with Gasteiger partial charge in [-0.2, -0.15) is 4.37 Å². The number of ether oxygens (including phenoxy) is 1. The summed E-state index contributed by atoms with van der Waals surface area (Å²) in [5.74, 6) is 1.77. The summed E-state index contributed by atoms with van der Waals surface area (Å²) in [7, 11) is 3.56. The molecule has 7 heteroatoms. The Balaban J connectivity index is 1.59. The van der Waals surface area contributed by atoms with Gasteiger partial charge in [-0.3, -0.25) is 4.79 Å². The van der Waals surface area contributed by atoms with Gasteiger partial charge in [0.1, 0.15) is 11.6 Å². The number of aromatic nitrogens is 2. The van der Waals surface area contributed by atoms with Crippen LogP contribution in [-0.4, -0.2) is 54.0 Å². The van der Waals surface area contributed by atoms with Crippen LogP contribution in [0.2, 0.25) is 0 Å². The topological polar surface area (TPSA) is 58.6 Å². The standard InChI is InChI=1S/C18H24N4O2S/c1-21(13-17(23)22-9-4-3-5-10-22)18-19-16(20-25-18)12-14-7-6-8-15(11-14)24-2/h6-8,11H,3-5,9-10,12-13H2,1-2H3. The van der Waals surface area contributed by atoms with Gasteiger partial charge in [-0.1, -0.05) is 12.1 Å². The third-order valence-corrected chi connectivity index (χ3v) is 5.23. The highest BCUT2D eigenvalue weighted by Gasteiger charge is 2.19. The number of likely N-dealkylation sites (N-methyl/N-ethyl adjacent to an activating group) is 1. The lowest BCUT2D eigenvalue weighted by atomic mass is 10.1. The number of amides is 1. The predicted octanol–water partition coefficient (Wildman–Crippen LogP) is 2.59. The van der Waals surface area contributed by atoms with Crippen molar-refractivity contribution in [3.05, 3.63) is 35.7 Å². The fourth-order valence-electron chi connectivity index (χ4n) is 2.95. The van der Waals surface area contributed by atoms with Crippen LogP contribution in [0.4, 0.5) is 5.13 Å². The second-order valence-corrected chi connectivity index (χ2v) is 7.05. The zero-order chi connectivity index (χ0) is 17.6. The predicted molar refractivity (Wildman–Crippen MR) is 99.4 cm³/mol. The molecule has 1 aliphatic heterocycles. The number of piperidine rings is 1. The van der Waals surface area contributed by atoms with Gasteiger partial charge in [-0.25, -0.2) is 4.98 Å². The van der Waals surface area contributed by atoms with Gasteiger partial charge >= 0.3 is 0 Å². The summed E-state index contributed by atoms with van der Waals surface area (Å²) in [6, 6.07) is 7.91. The monoisotopic (exact) mass is 360 g/mol. The van der Waals surface area contributed by atoms with Crippen LogP contribution in [-0.2, 0) is 11.2 Å². The molecule has 1 fully saturated rings. The van der Waals surface area contributed by atoms with Crippen LogP contribution in [0.1, 0.15) is 30.7 Å². The van der Waals surface area contributed by atoms with E-state index in [0.29, 0.717) is 13.0 Å². The van der Waals surface area contributed by atoms with E-state index in [2.05, 4.69) is 9.36 Å². The van der Waals surface area contributed by atoms with Crippen molar-refractivity contribution in [3.63, 3.8) is 0 Å². The van der Waals surface area contributed by atoms with E-state index < -0.39 is 0 Å². The molecule has 0 atom stereocenters. The van der Waals surface area contributed by atoms with Crippen LogP contribution in [0.5, 0.6) is 5.75 Å². The summed E-state index contributed by atoms with van der Waals surface area (Å²) in [6.45, 7) is 2.11. The number of anilines is 1. The number of benzene rings is 1. The van der Waals surface area contributed by atoms with Crippen molar-refractivity contribution in [2.75, 3.05) is 38.7 Å². The summed E-state index contributed by atoms with van der Waals surface area (Å²) in [6.07, 6.45) is 4.10. The van der Waals surface area contributed by atoms with Crippen molar-refractivity contribution in [1.29, 1.82) is 0 Å². The Morgan fingerprint density at radius 3 is 2.88 bits per heavy atom. The third kappa shape index (κ3) is 4.69. The van der Waals surface area contributed by atoms with Crippen molar-refractivity contribution >= 4 is 22.6 Å². The first-order chi connectivity index (χ1) is 12.2. The highest BCUT2D eigenvalue weighted by Crippen LogP contribution is 2.20. The van der Waals surface area contributed by atoms with Crippen LogP contribution in [0, 0.1) is 0 Å². The Hall–Kier alpha value is -2.15. The first-order valence-corrected chi connectivity index (χ1v) is 9.37. The van der Waals surface area contributed by atoms with E-state index >= 15 is 0 Å². The molecule has 1 saturated heterocycles. The average Bonchev–Trinajstić information content (AvgIpc) is 3.11. The highest BCUT2D eigenvalue weighted by atomic mass is 32.1. The number of hydrogen-bond donors (Lipinski definition) is 0. The Bertz CT molecular complexity index is 713. The smallest absolute Gasteiger partial charge is 0.242 e. The molecule has 0 saturated carbocycles. The van der Waals surface area contributed by atoms with E-state index in [1.165, 1.54) is 18.0 Å². The van der Waals surface area contributed by atoms with Crippen LogP contribution < -0.4 is 9.64 Å². The summed E-state index contributed by atoms with van der Waals surface area (Å²) >= 11 is 1.34. The molecule has 3 rings (SSSR count). The lowest BCUT2D eigenvalue weighted by Gasteiger charge is -2.28. The first-order valence-electron chi connectivity index (χ1n) is 8.60. The number of rotatable bonds is 6. The normalized spacial score (nSPS) is 14.4. The number of likely N-dealkylation sites (tertiary alicyclic amines) is 1. The highest BCUT2D eigenvalue weighted by molar-refractivity contribution is 7.09. The van der Waals surface area contributed by atoms with E-state index in [0.717, 1.165) is 48.2 Å². The Kier molecular flexibility index (Phi) is 5.86. The van der Waals surface area contributed by atoms with Gasteiger partial charge in [0.05, 0.1) is 13.7 Å². The maximum absolute atomic E-state index is 12.4. The minimum atomic E-state index is 0.173. The van der Waals surface area contributed by atoms with Crippen molar-refractivity contribution < 1.29 is 9.53 Å². The number of hydrogen-bond acceptors (Lipinski definition) is 6. The lowest BCUT2D eigenvalue weighted by molar-refractivity contribution is -0.130. The lowest BCUT2D eigenvalue weighted by Crippen LogP contribution is -2.41. The molecule has 1 aromatic heterocycles. The molecule has 2 aromatic rings. The summed E-state index contributed by atoms with van der Waals surface area (Å²) in [4.78, 5) is 20.8. The summed E-state index contributed by atoms with van der Waals surface area (Å²) in [5.41, 5.74) is 1.11. The molecule has 0 N–H and O–H groups in total. The SMILES string of the molecule is COc1cccc(Cc2nsc(N(C)CC(=O)N3CCCCC3)n2)c1. The molecule has 2 heterocycles. The molecular formula is C18H24N4O2S. The van der Waals surface area contributed by atoms with Gasteiger partial charge < -0.3 is 14.5 Å². The fraction of sp³-hybridized carbons (Fsp3) is 0.500. The van der Waals surface area contributed by atoms with Crippen molar-refractivity contribution in [3.8, 4) is 5.75 Å². The van der Waals surface area contributed by atoms with Crippen LogP contribution in [0.3, 0.4) is 0 Å². The maximum Gasteiger partial charge on any atom is 0.242 e. The number of carbonyl (C=O) groups excluding carboxylic acids is 1. The summed E-state index contributed by atoms with van der Waals surface area (Å²) in [5, 5.41) is 0.781. The van der Waals surface area contributed by atoms with E-state index in [4.69, 9.17) is 4.74 Å². The second kappa shape index (κ2) is 8.29. The molecule has 25 heavy (non-hydrogen) atoms. The molecule has 0 bridgehead atoms. The zero-order valence-corrected chi connectivity index (χ0v) is 15.6. The van der Waals surface area contributed by atoms with Gasteiger partial charge in [0.25, 0.3) is 0 Å². The molecular weight excluding hydrogens is 336 g/mol. The van der Waals surface area contributed by atoms with Crippen molar-refractivity contribution in [2.24, 2.45) is 0 Å². The van der Waals surface area contributed by atoms with E-state index in [1.807, 2.05) is 41.1 Å². The second-order valence-electron chi connectivity index (χ2n) is 6.32. The molecule has 1 aliphatic rings. The van der Waals surface area contributed by atoms with Gasteiger partial charge in [-0.05, 0) is 37.0 Å². The van der Waals surface area contributed by atoms with Crippen molar-refractivity contribution in [1.82, 2.24) is 14.3 Å². The van der Waals surface area contributed by atoms with Crippen LogP contribution >= 0.6 is 11.5 Å². The Labute approximate surface area is 152 Å². The van der Waals surface area contributed by atoms with Crippen LogP contribution in [0.15, 0.2) is 24.3 Å². The number of nitrogens with zero attached hydrogens (tertiary/aromatic N) is 4. The molecule has 0 aliphatic carbocycles. The van der Waals surface area contributed by atoms with E-state index in [9.17, 15) is 4.79 Å². The Morgan fingerprint density at radius 1 is 1.32 bits per heavy atom. The summed E-state index contributed by atoms with van der Waals surface area (Å²) < 4.78 is 9.68. The molecule has 0 unspecified atom stereocenters. The molecule has 0 spiro atoms. The van der Waals surface area contributed by atoms with E-state index in [1.54, 1.807) is 7.11 Å². The Morgan fingerprint density at radius 2 is 2.12 bits per heavy atom. The minimum Gasteiger partial charge on any atom is -0.497 e. The molecule has 1 amide bonds. The van der Waals surface area contributed by atoms with Gasteiger partial charge in [0.2, 0.25) is 11.0 Å². The first kappa shape index (κ1) is 17.7. The van der Waals surface area contributed by atoms with Gasteiger partial charge in [-0.15, -0.1) is 0 Å².